The third-order valence-electron chi connectivity index (χ3n) is 4.32. The molecule has 0 fully saturated rings. The number of rotatable bonds is 5. The number of nitrogens with zero attached hydrogens (tertiary/aromatic N) is 5. The molecule has 3 heterocycles. The highest BCUT2D eigenvalue weighted by Crippen LogP contribution is 2.30. The molecule has 6 nitrogen and oxygen atoms in total. The van der Waals surface area contributed by atoms with E-state index in [9.17, 15) is 0 Å². The Kier molecular flexibility index (Phi) is 4.84. The summed E-state index contributed by atoms with van der Waals surface area (Å²) in [5.74, 6) is 1.48. The van der Waals surface area contributed by atoms with E-state index in [1.54, 1.807) is 23.1 Å². The Balaban J connectivity index is 1.43. The molecule has 0 saturated carbocycles. The zero-order valence-corrected chi connectivity index (χ0v) is 17.3. The molecule has 0 aliphatic rings. The first-order valence-corrected chi connectivity index (χ1v) is 10.4. The first kappa shape index (κ1) is 17.9. The molecule has 138 valence electrons. The highest BCUT2D eigenvalue weighted by atomic mass is 32.2. The predicted molar refractivity (Wildman–Crippen MR) is 111 cm³/mol. The van der Waals surface area contributed by atoms with Crippen LogP contribution in [0.4, 0.5) is 10.8 Å². The van der Waals surface area contributed by atoms with Gasteiger partial charge in [0.1, 0.15) is 0 Å². The number of aryl methyl sites for hydroxylation is 4. The van der Waals surface area contributed by atoms with Gasteiger partial charge in [0.2, 0.25) is 10.9 Å². The molecule has 1 aromatic carbocycles. The number of anilines is 2. The van der Waals surface area contributed by atoms with Crippen LogP contribution in [0.2, 0.25) is 0 Å². The van der Waals surface area contributed by atoms with Crippen LogP contribution in [-0.2, 0) is 5.75 Å². The van der Waals surface area contributed by atoms with Crippen LogP contribution >= 0.6 is 23.1 Å². The molecule has 0 bridgehead atoms. The number of nitrogens with one attached hydrogen (secondary N) is 1. The van der Waals surface area contributed by atoms with E-state index >= 15 is 0 Å². The third kappa shape index (κ3) is 3.96. The van der Waals surface area contributed by atoms with Gasteiger partial charge in [-0.2, -0.15) is 0 Å². The Morgan fingerprint density at radius 1 is 1.04 bits per heavy atom. The smallest absolute Gasteiger partial charge is 0.234 e. The van der Waals surface area contributed by atoms with Crippen molar-refractivity contribution >= 4 is 39.7 Å². The number of thioether (sulfide) groups is 1. The van der Waals surface area contributed by atoms with Crippen LogP contribution < -0.4 is 5.32 Å². The molecular weight excluding hydrogens is 376 g/mol. The molecular formula is C19H20N6S2. The van der Waals surface area contributed by atoms with Crippen LogP contribution in [0.5, 0.6) is 0 Å². The van der Waals surface area contributed by atoms with Gasteiger partial charge < -0.3 is 5.32 Å². The van der Waals surface area contributed by atoms with Gasteiger partial charge in [-0.25, -0.2) is 9.97 Å². The van der Waals surface area contributed by atoms with Gasteiger partial charge in [0.15, 0.2) is 4.34 Å². The summed E-state index contributed by atoms with van der Waals surface area (Å²) in [6.07, 6.45) is 2.04. The molecule has 0 aliphatic carbocycles. The predicted octanol–water partition coefficient (Wildman–Crippen LogP) is 4.85. The molecule has 27 heavy (non-hydrogen) atoms. The lowest BCUT2D eigenvalue weighted by Crippen LogP contribution is -1.94. The van der Waals surface area contributed by atoms with Crippen molar-refractivity contribution in [2.45, 2.75) is 37.8 Å². The molecule has 0 amide bonds. The fourth-order valence-electron chi connectivity index (χ4n) is 2.78. The lowest BCUT2D eigenvalue weighted by molar-refractivity contribution is 1.01. The largest absolute Gasteiger partial charge is 0.330 e. The minimum atomic E-state index is 0.736. The summed E-state index contributed by atoms with van der Waals surface area (Å²) >= 11 is 3.19. The lowest BCUT2D eigenvalue weighted by atomic mass is 10.1. The average Bonchev–Trinajstić information content (AvgIpc) is 3.23. The van der Waals surface area contributed by atoms with Gasteiger partial charge in [0.05, 0.1) is 5.69 Å². The van der Waals surface area contributed by atoms with Gasteiger partial charge in [-0.1, -0.05) is 29.2 Å². The first-order chi connectivity index (χ1) is 13.0. The van der Waals surface area contributed by atoms with E-state index in [0.29, 0.717) is 0 Å². The van der Waals surface area contributed by atoms with Crippen LogP contribution in [-0.4, -0.2) is 24.6 Å². The maximum Gasteiger partial charge on any atom is 0.234 e. The van der Waals surface area contributed by atoms with Crippen LogP contribution in [0.15, 0.2) is 34.8 Å². The molecule has 0 atom stereocenters. The Hall–Kier alpha value is -2.45. The molecule has 1 N–H and O–H groups in total. The first-order valence-electron chi connectivity index (χ1n) is 8.61. The van der Waals surface area contributed by atoms with Gasteiger partial charge in [-0.15, -0.1) is 10.2 Å². The molecule has 0 radical (unpaired) electrons. The quantitative estimate of drug-likeness (QED) is 0.486. The highest BCUT2D eigenvalue weighted by molar-refractivity contribution is 8.00. The van der Waals surface area contributed by atoms with E-state index in [2.05, 4.69) is 70.5 Å². The molecule has 0 saturated heterocycles. The zero-order chi connectivity index (χ0) is 19.0. The Labute approximate surface area is 166 Å². The summed E-state index contributed by atoms with van der Waals surface area (Å²) < 4.78 is 2.94. The minimum Gasteiger partial charge on any atom is -0.330 e. The summed E-state index contributed by atoms with van der Waals surface area (Å²) in [5.41, 5.74) is 6.67. The molecule has 4 rings (SSSR count). The lowest BCUT2D eigenvalue weighted by Gasteiger charge is -2.05. The summed E-state index contributed by atoms with van der Waals surface area (Å²) in [7, 11) is 0. The van der Waals surface area contributed by atoms with Crippen molar-refractivity contribution < 1.29 is 0 Å². The van der Waals surface area contributed by atoms with Crippen molar-refractivity contribution in [1.29, 1.82) is 0 Å². The monoisotopic (exact) mass is 396 g/mol. The number of benzene rings is 1. The van der Waals surface area contributed by atoms with E-state index in [1.165, 1.54) is 11.1 Å². The molecule has 3 aromatic heterocycles. The molecule has 8 heteroatoms. The number of hydrogen-bond acceptors (Lipinski definition) is 7. The van der Waals surface area contributed by atoms with Crippen LogP contribution in [0.1, 0.15) is 28.2 Å². The number of imidazole rings is 1. The van der Waals surface area contributed by atoms with Crippen molar-refractivity contribution in [2.24, 2.45) is 0 Å². The van der Waals surface area contributed by atoms with Gasteiger partial charge in [-0.3, -0.25) is 4.40 Å². The van der Waals surface area contributed by atoms with E-state index in [-0.39, 0.29) is 0 Å². The number of aromatic nitrogens is 5. The second-order valence-corrected chi connectivity index (χ2v) is 8.73. The Bertz CT molecular complexity index is 1110. The van der Waals surface area contributed by atoms with Crippen molar-refractivity contribution in [2.75, 3.05) is 5.32 Å². The zero-order valence-electron chi connectivity index (χ0n) is 15.6. The van der Waals surface area contributed by atoms with E-state index < -0.39 is 0 Å². The normalized spacial score (nSPS) is 11.3. The fourth-order valence-corrected chi connectivity index (χ4v) is 4.44. The molecule has 0 spiro atoms. The molecule has 0 aliphatic heterocycles. The third-order valence-corrected chi connectivity index (χ3v) is 6.33. The Morgan fingerprint density at radius 3 is 2.70 bits per heavy atom. The minimum absolute atomic E-state index is 0.736. The highest BCUT2D eigenvalue weighted by Gasteiger charge is 2.10. The summed E-state index contributed by atoms with van der Waals surface area (Å²) in [6.45, 7) is 8.27. The van der Waals surface area contributed by atoms with Crippen molar-refractivity contribution in [3.05, 3.63) is 58.7 Å². The van der Waals surface area contributed by atoms with Crippen molar-refractivity contribution in [3.8, 4) is 0 Å². The van der Waals surface area contributed by atoms with Crippen LogP contribution in [0.3, 0.4) is 0 Å². The van der Waals surface area contributed by atoms with Crippen molar-refractivity contribution in [3.63, 3.8) is 0 Å². The summed E-state index contributed by atoms with van der Waals surface area (Å²) in [4.78, 5) is 9.10. The number of hydrogen-bond donors (Lipinski definition) is 1. The van der Waals surface area contributed by atoms with Crippen LogP contribution in [0, 0.1) is 27.7 Å². The molecule has 4 aromatic rings. The second-order valence-electron chi connectivity index (χ2n) is 6.53. The van der Waals surface area contributed by atoms with E-state index in [0.717, 1.165) is 43.8 Å². The van der Waals surface area contributed by atoms with E-state index in [4.69, 9.17) is 0 Å². The van der Waals surface area contributed by atoms with Gasteiger partial charge in [-0.05, 0) is 57.0 Å². The fraction of sp³-hybridized carbons (Fsp3) is 0.263. The Morgan fingerprint density at radius 2 is 1.89 bits per heavy atom. The van der Waals surface area contributed by atoms with Gasteiger partial charge in [0.25, 0.3) is 0 Å². The summed E-state index contributed by atoms with van der Waals surface area (Å²) in [6, 6.07) is 8.35. The van der Waals surface area contributed by atoms with Gasteiger partial charge >= 0.3 is 0 Å². The second kappa shape index (κ2) is 7.28. The van der Waals surface area contributed by atoms with Crippen LogP contribution in [0.25, 0.3) is 5.78 Å². The molecule has 0 unspecified atom stereocenters. The maximum atomic E-state index is 4.61. The summed E-state index contributed by atoms with van der Waals surface area (Å²) in [5, 5.41) is 12.6. The van der Waals surface area contributed by atoms with Crippen molar-refractivity contribution in [1.82, 2.24) is 24.6 Å². The van der Waals surface area contributed by atoms with Gasteiger partial charge in [0, 0.05) is 29.0 Å². The topological polar surface area (TPSA) is 68.0 Å². The van der Waals surface area contributed by atoms with E-state index in [1.807, 2.05) is 17.5 Å². The average molecular weight is 397 g/mol. The number of fused-ring (bicyclic) bond motifs is 1. The SMILES string of the molecule is Cc1cc(C)n2cc(CSc3nnc(Nc4ccc(C)c(C)c4)s3)nc2n1. The maximum absolute atomic E-state index is 4.61. The standard InChI is InChI=1S/C19H20N6S2/c1-11-5-6-15(7-12(11)2)22-18-23-24-19(27-18)26-10-16-9-25-14(4)8-13(3)20-17(25)21-16/h5-9H,10H2,1-4H3,(H,22,23).